The van der Waals surface area contributed by atoms with Crippen molar-refractivity contribution in [2.45, 2.75) is 27.3 Å². The van der Waals surface area contributed by atoms with E-state index >= 15 is 0 Å². The van der Waals surface area contributed by atoms with Gasteiger partial charge in [0.2, 0.25) is 0 Å². The van der Waals surface area contributed by atoms with Gasteiger partial charge in [0.05, 0.1) is 24.8 Å². The van der Waals surface area contributed by atoms with Gasteiger partial charge < -0.3 is 9.30 Å². The number of ether oxygens (including phenoxy) is 1. The highest BCUT2D eigenvalue weighted by Crippen LogP contribution is 2.27. The van der Waals surface area contributed by atoms with E-state index in [0.717, 1.165) is 22.1 Å². The summed E-state index contributed by atoms with van der Waals surface area (Å²) in [6.45, 7) is 6.88. The van der Waals surface area contributed by atoms with Crippen LogP contribution in [-0.2, 0) is 11.3 Å². The number of rotatable bonds is 4. The van der Waals surface area contributed by atoms with E-state index in [4.69, 9.17) is 4.74 Å². The number of esters is 1. The Morgan fingerprint density at radius 1 is 1.50 bits per heavy atom. The van der Waals surface area contributed by atoms with Crippen LogP contribution in [-0.4, -0.2) is 27.1 Å². The molecule has 2 aromatic heterocycles. The lowest BCUT2D eigenvalue weighted by atomic mass is 10.4. The molecule has 0 radical (unpaired) electrons. The molecule has 0 aliphatic heterocycles. The lowest BCUT2D eigenvalue weighted by molar-refractivity contribution is 0.0519. The lowest BCUT2D eigenvalue weighted by Crippen LogP contribution is -2.06. The molecule has 0 N–H and O–H groups in total. The van der Waals surface area contributed by atoms with Crippen molar-refractivity contribution < 1.29 is 9.53 Å². The quantitative estimate of drug-likeness (QED) is 0.797. The Labute approximate surface area is 109 Å². The third-order valence-electron chi connectivity index (χ3n) is 2.54. The molecule has 0 saturated carbocycles. The molecule has 5 nitrogen and oxygen atoms in total. The van der Waals surface area contributed by atoms with Crippen LogP contribution in [0.15, 0.2) is 12.5 Å². The van der Waals surface area contributed by atoms with E-state index in [1.54, 1.807) is 19.4 Å². The Bertz CT molecular complexity index is 559. The summed E-state index contributed by atoms with van der Waals surface area (Å²) in [5.41, 5.74) is 1.34. The van der Waals surface area contributed by atoms with Gasteiger partial charge in [-0.05, 0) is 20.8 Å². The van der Waals surface area contributed by atoms with E-state index in [1.807, 2.05) is 18.4 Å². The van der Waals surface area contributed by atoms with E-state index in [-0.39, 0.29) is 5.97 Å². The molecule has 0 atom stereocenters. The zero-order chi connectivity index (χ0) is 13.1. The second kappa shape index (κ2) is 5.30. The topological polar surface area (TPSA) is 57.0 Å². The smallest absolute Gasteiger partial charge is 0.358 e. The zero-order valence-electron chi connectivity index (χ0n) is 10.6. The maximum atomic E-state index is 11.7. The summed E-state index contributed by atoms with van der Waals surface area (Å²) in [5, 5.41) is 0.801. The van der Waals surface area contributed by atoms with Crippen molar-refractivity contribution in [3.05, 3.63) is 23.1 Å². The van der Waals surface area contributed by atoms with Gasteiger partial charge in [-0.3, -0.25) is 0 Å². The summed E-state index contributed by atoms with van der Waals surface area (Å²) < 4.78 is 6.97. The standard InChI is InChI=1S/C12H15N3O2S/c1-4-15-7-13-6-9(15)11-14-10(8(3)18-11)12(16)17-5-2/h6-7H,4-5H2,1-3H3. The minimum Gasteiger partial charge on any atom is -0.461 e. The molecule has 0 amide bonds. The highest BCUT2D eigenvalue weighted by Gasteiger charge is 2.18. The Kier molecular flexibility index (Phi) is 3.76. The number of carbonyl (C=O) groups excluding carboxylic acids is 1. The number of carbonyl (C=O) groups is 1. The minimum atomic E-state index is -0.361. The Balaban J connectivity index is 2.37. The van der Waals surface area contributed by atoms with Gasteiger partial charge in [0.25, 0.3) is 0 Å². The van der Waals surface area contributed by atoms with Crippen LogP contribution in [0.5, 0.6) is 0 Å². The number of nitrogens with zero attached hydrogens (tertiary/aromatic N) is 3. The second-order valence-electron chi connectivity index (χ2n) is 3.71. The molecule has 0 fully saturated rings. The van der Waals surface area contributed by atoms with Crippen LogP contribution in [0, 0.1) is 6.92 Å². The predicted octanol–water partition coefficient (Wildman–Crippen LogP) is 2.51. The van der Waals surface area contributed by atoms with Crippen LogP contribution in [0.1, 0.15) is 29.2 Å². The second-order valence-corrected chi connectivity index (χ2v) is 4.91. The van der Waals surface area contributed by atoms with E-state index < -0.39 is 0 Å². The fourth-order valence-electron chi connectivity index (χ4n) is 1.65. The molecule has 0 aliphatic carbocycles. The first-order valence-electron chi connectivity index (χ1n) is 5.82. The first-order valence-corrected chi connectivity index (χ1v) is 6.64. The maximum absolute atomic E-state index is 11.7. The summed E-state index contributed by atoms with van der Waals surface area (Å²) in [7, 11) is 0. The average molecular weight is 265 g/mol. The summed E-state index contributed by atoms with van der Waals surface area (Å²) in [6.07, 6.45) is 3.52. The molecule has 0 unspecified atom stereocenters. The average Bonchev–Trinajstić information content (AvgIpc) is 2.94. The van der Waals surface area contributed by atoms with Crippen molar-refractivity contribution in [2.24, 2.45) is 0 Å². The predicted molar refractivity (Wildman–Crippen MR) is 69.7 cm³/mol. The fourth-order valence-corrected chi connectivity index (χ4v) is 2.57. The summed E-state index contributed by atoms with van der Waals surface area (Å²) in [5.74, 6) is -0.361. The Morgan fingerprint density at radius 2 is 2.28 bits per heavy atom. The van der Waals surface area contributed by atoms with Crippen molar-refractivity contribution in [1.29, 1.82) is 0 Å². The van der Waals surface area contributed by atoms with Crippen LogP contribution in [0.2, 0.25) is 0 Å². The molecule has 18 heavy (non-hydrogen) atoms. The van der Waals surface area contributed by atoms with Gasteiger partial charge in [0.15, 0.2) is 5.69 Å². The molecule has 2 heterocycles. The maximum Gasteiger partial charge on any atom is 0.358 e. The van der Waals surface area contributed by atoms with E-state index in [2.05, 4.69) is 9.97 Å². The van der Waals surface area contributed by atoms with Crippen LogP contribution in [0.25, 0.3) is 10.7 Å². The molecule has 0 bridgehead atoms. The largest absolute Gasteiger partial charge is 0.461 e. The molecule has 0 aromatic carbocycles. The first kappa shape index (κ1) is 12.8. The summed E-state index contributed by atoms with van der Waals surface area (Å²) in [4.78, 5) is 21.0. The van der Waals surface area contributed by atoms with Crippen LogP contribution in [0.4, 0.5) is 0 Å². The van der Waals surface area contributed by atoms with Crippen LogP contribution >= 0.6 is 11.3 Å². The number of aryl methyl sites for hydroxylation is 2. The molecule has 0 spiro atoms. The van der Waals surface area contributed by atoms with Gasteiger partial charge in [-0.15, -0.1) is 11.3 Å². The number of hydrogen-bond acceptors (Lipinski definition) is 5. The van der Waals surface area contributed by atoms with Gasteiger partial charge in [-0.1, -0.05) is 0 Å². The first-order chi connectivity index (χ1) is 8.67. The highest BCUT2D eigenvalue weighted by atomic mass is 32.1. The van der Waals surface area contributed by atoms with Gasteiger partial charge in [-0.25, -0.2) is 14.8 Å². The molecular weight excluding hydrogens is 250 g/mol. The SMILES string of the molecule is CCOC(=O)c1nc(-c2cncn2CC)sc1C. The van der Waals surface area contributed by atoms with Gasteiger partial charge >= 0.3 is 5.97 Å². The fraction of sp³-hybridized carbons (Fsp3) is 0.417. The van der Waals surface area contributed by atoms with Gasteiger partial charge in [0.1, 0.15) is 5.01 Å². The van der Waals surface area contributed by atoms with E-state index in [0.29, 0.717) is 12.3 Å². The lowest BCUT2D eigenvalue weighted by Gasteiger charge is -2.00. The van der Waals surface area contributed by atoms with Gasteiger partial charge in [0, 0.05) is 11.4 Å². The number of thiazole rings is 1. The van der Waals surface area contributed by atoms with E-state index in [9.17, 15) is 4.79 Å². The van der Waals surface area contributed by atoms with Crippen LogP contribution in [0.3, 0.4) is 0 Å². The number of hydrogen-bond donors (Lipinski definition) is 0. The minimum absolute atomic E-state index is 0.359. The van der Waals surface area contributed by atoms with Crippen LogP contribution < -0.4 is 0 Å². The number of aromatic nitrogens is 3. The molecule has 2 aromatic rings. The monoisotopic (exact) mass is 265 g/mol. The molecule has 96 valence electrons. The van der Waals surface area contributed by atoms with E-state index in [1.165, 1.54) is 11.3 Å². The third-order valence-corrected chi connectivity index (χ3v) is 3.53. The molecule has 6 heteroatoms. The molecule has 2 rings (SSSR count). The van der Waals surface area contributed by atoms with Gasteiger partial charge in [-0.2, -0.15) is 0 Å². The third kappa shape index (κ3) is 2.28. The molecular formula is C12H15N3O2S. The summed E-state index contributed by atoms with van der Waals surface area (Å²) in [6, 6.07) is 0. The van der Waals surface area contributed by atoms with Crippen molar-refractivity contribution in [3.8, 4) is 10.7 Å². The van der Waals surface area contributed by atoms with Crippen molar-refractivity contribution in [3.63, 3.8) is 0 Å². The Morgan fingerprint density at radius 3 is 2.94 bits per heavy atom. The summed E-state index contributed by atoms with van der Waals surface area (Å²) >= 11 is 1.48. The number of imidazole rings is 1. The van der Waals surface area contributed by atoms with Crippen molar-refractivity contribution >= 4 is 17.3 Å². The molecule has 0 saturated heterocycles. The van der Waals surface area contributed by atoms with Crippen molar-refractivity contribution in [1.82, 2.24) is 14.5 Å². The van der Waals surface area contributed by atoms with Crippen molar-refractivity contribution in [2.75, 3.05) is 6.61 Å². The molecule has 0 aliphatic rings. The Hall–Kier alpha value is -1.69. The zero-order valence-corrected chi connectivity index (χ0v) is 11.5. The highest BCUT2D eigenvalue weighted by molar-refractivity contribution is 7.15. The normalized spacial score (nSPS) is 10.6.